The lowest BCUT2D eigenvalue weighted by molar-refractivity contribution is 0.391. The van der Waals surface area contributed by atoms with E-state index in [-0.39, 0.29) is 6.04 Å². The van der Waals surface area contributed by atoms with E-state index in [1.54, 1.807) is 49.1 Å². The van der Waals surface area contributed by atoms with E-state index in [1.807, 2.05) is 54.6 Å². The molecule has 0 spiro atoms. The maximum absolute atomic E-state index is 13.5. The van der Waals surface area contributed by atoms with Crippen LogP contribution in [0.4, 0.5) is 5.82 Å². The standard InChI is InChI=1S/C33H32N4O4S/c1-40-28-15-11-26(32(19-28)41-2)20-34-33-30-18-25(12-16-31(30)35-22-36-33)24-8-6-7-23(17-24)21-37(27-13-14-27)42(38,39)29-9-4-3-5-10-29/h3-12,15-19,22,27H,13-14,20-21H2,1-2H3,(H,34,35,36). The third kappa shape index (κ3) is 5.79. The number of nitrogens with zero attached hydrogens (tertiary/aromatic N) is 3. The summed E-state index contributed by atoms with van der Waals surface area (Å²) in [5.41, 5.74) is 4.72. The van der Waals surface area contributed by atoms with Crippen LogP contribution in [-0.2, 0) is 23.1 Å². The first-order valence-electron chi connectivity index (χ1n) is 13.8. The summed E-state index contributed by atoms with van der Waals surface area (Å²) in [5, 5.41) is 4.33. The van der Waals surface area contributed by atoms with Crippen molar-refractivity contribution in [2.75, 3.05) is 19.5 Å². The maximum atomic E-state index is 13.5. The van der Waals surface area contributed by atoms with Crippen molar-refractivity contribution in [3.8, 4) is 22.6 Å². The third-order valence-corrected chi connectivity index (χ3v) is 9.39. The molecule has 0 atom stereocenters. The van der Waals surface area contributed by atoms with E-state index in [9.17, 15) is 8.42 Å². The zero-order valence-electron chi connectivity index (χ0n) is 23.5. The monoisotopic (exact) mass is 580 g/mol. The molecule has 0 radical (unpaired) electrons. The second kappa shape index (κ2) is 11.8. The summed E-state index contributed by atoms with van der Waals surface area (Å²) < 4.78 is 39.5. The number of ether oxygens (including phenoxy) is 2. The van der Waals surface area contributed by atoms with E-state index in [0.29, 0.717) is 23.8 Å². The van der Waals surface area contributed by atoms with E-state index in [1.165, 1.54) is 0 Å². The van der Waals surface area contributed by atoms with Gasteiger partial charge in [-0.25, -0.2) is 18.4 Å². The van der Waals surface area contributed by atoms with Crippen molar-refractivity contribution >= 4 is 26.7 Å². The van der Waals surface area contributed by atoms with E-state index in [2.05, 4.69) is 27.4 Å². The van der Waals surface area contributed by atoms with Gasteiger partial charge in [0.1, 0.15) is 23.6 Å². The highest BCUT2D eigenvalue weighted by atomic mass is 32.2. The highest BCUT2D eigenvalue weighted by Crippen LogP contribution is 2.35. The van der Waals surface area contributed by atoms with Gasteiger partial charge in [0.2, 0.25) is 10.0 Å². The average Bonchev–Trinajstić information content (AvgIpc) is 3.88. The van der Waals surface area contributed by atoms with Gasteiger partial charge in [-0.2, -0.15) is 4.31 Å². The minimum Gasteiger partial charge on any atom is -0.497 e. The van der Waals surface area contributed by atoms with Crippen LogP contribution >= 0.6 is 0 Å². The van der Waals surface area contributed by atoms with Crippen molar-refractivity contribution < 1.29 is 17.9 Å². The number of fused-ring (bicyclic) bond motifs is 1. The smallest absolute Gasteiger partial charge is 0.243 e. The fourth-order valence-corrected chi connectivity index (χ4v) is 6.78. The number of nitrogens with one attached hydrogen (secondary N) is 1. The van der Waals surface area contributed by atoms with Gasteiger partial charge in [-0.05, 0) is 72.0 Å². The van der Waals surface area contributed by atoms with Crippen LogP contribution in [-0.4, -0.2) is 43.0 Å². The minimum absolute atomic E-state index is 0.0367. The fraction of sp³-hybridized carbons (Fsp3) is 0.212. The van der Waals surface area contributed by atoms with Gasteiger partial charge in [-0.1, -0.05) is 42.5 Å². The van der Waals surface area contributed by atoms with Crippen molar-refractivity contribution in [1.82, 2.24) is 14.3 Å². The molecule has 0 amide bonds. The fourth-order valence-electron chi connectivity index (χ4n) is 5.08. The van der Waals surface area contributed by atoms with Crippen LogP contribution in [0, 0.1) is 0 Å². The maximum Gasteiger partial charge on any atom is 0.243 e. The van der Waals surface area contributed by atoms with E-state index >= 15 is 0 Å². The second-order valence-electron chi connectivity index (χ2n) is 10.3. The zero-order valence-corrected chi connectivity index (χ0v) is 24.3. The summed E-state index contributed by atoms with van der Waals surface area (Å²) in [6, 6.07) is 28.6. The molecule has 5 aromatic rings. The number of rotatable bonds is 11. The molecule has 0 unspecified atom stereocenters. The Morgan fingerprint density at radius 2 is 1.67 bits per heavy atom. The minimum atomic E-state index is -3.59. The molecule has 0 bridgehead atoms. The summed E-state index contributed by atoms with van der Waals surface area (Å²) in [6.07, 6.45) is 3.32. The predicted octanol–water partition coefficient (Wildman–Crippen LogP) is 6.28. The Labute approximate surface area is 246 Å². The van der Waals surface area contributed by atoms with Gasteiger partial charge in [-0.3, -0.25) is 0 Å². The topological polar surface area (TPSA) is 93.6 Å². The summed E-state index contributed by atoms with van der Waals surface area (Å²) in [6.45, 7) is 0.828. The molecule has 4 aromatic carbocycles. The first-order chi connectivity index (χ1) is 20.5. The number of aromatic nitrogens is 2. The Morgan fingerprint density at radius 3 is 2.43 bits per heavy atom. The van der Waals surface area contributed by atoms with Crippen LogP contribution in [0.25, 0.3) is 22.0 Å². The quantitative estimate of drug-likeness (QED) is 0.197. The number of hydrogen-bond donors (Lipinski definition) is 1. The molecule has 1 aliphatic carbocycles. The Balaban J connectivity index is 1.27. The predicted molar refractivity (Wildman–Crippen MR) is 164 cm³/mol. The van der Waals surface area contributed by atoms with Gasteiger partial charge in [0.05, 0.1) is 24.6 Å². The van der Waals surface area contributed by atoms with Gasteiger partial charge in [-0.15, -0.1) is 0 Å². The molecule has 1 heterocycles. The number of methoxy groups -OCH3 is 2. The Hall–Kier alpha value is -4.47. The lowest BCUT2D eigenvalue weighted by Crippen LogP contribution is -2.32. The third-order valence-electron chi connectivity index (χ3n) is 7.48. The van der Waals surface area contributed by atoms with Crippen LogP contribution in [0.3, 0.4) is 0 Å². The van der Waals surface area contributed by atoms with Gasteiger partial charge < -0.3 is 14.8 Å². The van der Waals surface area contributed by atoms with Gasteiger partial charge >= 0.3 is 0 Å². The number of hydrogen-bond acceptors (Lipinski definition) is 7. The van der Waals surface area contributed by atoms with Crippen molar-refractivity contribution in [3.63, 3.8) is 0 Å². The molecule has 1 saturated carbocycles. The van der Waals surface area contributed by atoms with E-state index in [0.717, 1.165) is 57.5 Å². The largest absolute Gasteiger partial charge is 0.497 e. The lowest BCUT2D eigenvalue weighted by atomic mass is 10.0. The van der Waals surface area contributed by atoms with Gasteiger partial charge in [0.15, 0.2) is 0 Å². The van der Waals surface area contributed by atoms with Crippen molar-refractivity contribution in [2.45, 2.75) is 36.9 Å². The molecule has 1 N–H and O–H groups in total. The lowest BCUT2D eigenvalue weighted by Gasteiger charge is -2.22. The van der Waals surface area contributed by atoms with E-state index in [4.69, 9.17) is 9.47 Å². The number of sulfonamides is 1. The molecule has 1 aromatic heterocycles. The molecule has 0 aliphatic heterocycles. The molecule has 9 heteroatoms. The van der Waals surface area contributed by atoms with Crippen LogP contribution < -0.4 is 14.8 Å². The normalized spacial score (nSPS) is 13.3. The van der Waals surface area contributed by atoms with Crippen molar-refractivity contribution in [2.24, 2.45) is 0 Å². The van der Waals surface area contributed by atoms with Gasteiger partial charge in [0, 0.05) is 36.1 Å². The molecule has 0 saturated heterocycles. The molecule has 1 fully saturated rings. The number of anilines is 1. The average molecular weight is 581 g/mol. The second-order valence-corrected chi connectivity index (χ2v) is 12.2. The van der Waals surface area contributed by atoms with Gasteiger partial charge in [0.25, 0.3) is 0 Å². The highest BCUT2D eigenvalue weighted by Gasteiger charge is 2.38. The molecular weight excluding hydrogens is 548 g/mol. The van der Waals surface area contributed by atoms with E-state index < -0.39 is 10.0 Å². The van der Waals surface area contributed by atoms with Crippen LogP contribution in [0.2, 0.25) is 0 Å². The Kier molecular flexibility index (Phi) is 7.78. The molecule has 214 valence electrons. The van der Waals surface area contributed by atoms with Crippen molar-refractivity contribution in [1.29, 1.82) is 0 Å². The summed E-state index contributed by atoms with van der Waals surface area (Å²) in [4.78, 5) is 9.31. The molecule has 8 nitrogen and oxygen atoms in total. The van der Waals surface area contributed by atoms with Crippen molar-refractivity contribution in [3.05, 3.63) is 108 Å². The highest BCUT2D eigenvalue weighted by molar-refractivity contribution is 7.89. The first-order valence-corrected chi connectivity index (χ1v) is 15.3. The zero-order chi connectivity index (χ0) is 29.1. The molecular formula is C33H32N4O4S. The molecule has 6 rings (SSSR count). The van der Waals surface area contributed by atoms with Crippen LogP contribution in [0.15, 0.2) is 102 Å². The van der Waals surface area contributed by atoms with Crippen LogP contribution in [0.1, 0.15) is 24.0 Å². The Morgan fingerprint density at radius 1 is 0.857 bits per heavy atom. The Bertz CT molecular complexity index is 1830. The first kappa shape index (κ1) is 27.7. The SMILES string of the molecule is COc1ccc(CNc2ncnc3ccc(-c4cccc(CN(C5CC5)S(=O)(=O)c5ccccc5)c4)cc23)c(OC)c1. The summed E-state index contributed by atoms with van der Waals surface area (Å²) in [7, 11) is -0.327. The number of benzene rings is 4. The summed E-state index contributed by atoms with van der Waals surface area (Å²) in [5.74, 6) is 2.17. The molecule has 42 heavy (non-hydrogen) atoms. The summed E-state index contributed by atoms with van der Waals surface area (Å²) >= 11 is 0. The molecule has 1 aliphatic rings. The van der Waals surface area contributed by atoms with Crippen LogP contribution in [0.5, 0.6) is 11.5 Å².